The Hall–Kier alpha value is -1.62. The summed E-state index contributed by atoms with van der Waals surface area (Å²) in [5, 5.41) is 2.97. The van der Waals surface area contributed by atoms with Crippen LogP contribution in [0.15, 0.2) is 17.6 Å². The molecule has 0 fully saturated rings. The molecule has 0 aliphatic rings. The van der Waals surface area contributed by atoms with Gasteiger partial charge < -0.3 is 9.72 Å². The summed E-state index contributed by atoms with van der Waals surface area (Å²) in [6, 6.07) is 1.76. The molecule has 0 unspecified atom stereocenters. The van der Waals surface area contributed by atoms with Crippen molar-refractivity contribution in [3.8, 4) is 11.3 Å². The number of thiazole rings is 1. The number of aromatic nitrogens is 2. The summed E-state index contributed by atoms with van der Waals surface area (Å²) in [5.41, 5.74) is 2.25. The number of aryl methyl sites for hydroxylation is 1. The number of aromatic amines is 1. The lowest BCUT2D eigenvalue weighted by atomic mass is 10.2. The molecular formula is C11H12N2O2S. The van der Waals surface area contributed by atoms with Crippen molar-refractivity contribution >= 4 is 17.3 Å². The summed E-state index contributed by atoms with van der Waals surface area (Å²) in [7, 11) is 0. The number of nitrogens with zero attached hydrogens (tertiary/aromatic N) is 1. The highest BCUT2D eigenvalue weighted by Gasteiger charge is 2.11. The van der Waals surface area contributed by atoms with Gasteiger partial charge in [-0.3, -0.25) is 0 Å². The molecule has 4 nitrogen and oxygen atoms in total. The van der Waals surface area contributed by atoms with Gasteiger partial charge in [0.15, 0.2) is 0 Å². The van der Waals surface area contributed by atoms with E-state index in [1.165, 1.54) is 0 Å². The number of hydrogen-bond donors (Lipinski definition) is 1. The predicted octanol–water partition coefficient (Wildman–Crippen LogP) is 2.62. The first kappa shape index (κ1) is 10.9. The van der Waals surface area contributed by atoms with Crippen molar-refractivity contribution in [2.45, 2.75) is 13.8 Å². The second-order valence-corrected chi connectivity index (χ2v) is 4.34. The molecule has 5 heteroatoms. The highest BCUT2D eigenvalue weighted by Crippen LogP contribution is 2.22. The summed E-state index contributed by atoms with van der Waals surface area (Å²) >= 11 is 1.59. The van der Waals surface area contributed by atoms with Gasteiger partial charge in [-0.15, -0.1) is 11.3 Å². The quantitative estimate of drug-likeness (QED) is 0.833. The lowest BCUT2D eigenvalue weighted by molar-refractivity contribution is 0.0520. The lowest BCUT2D eigenvalue weighted by Gasteiger charge is -1.96. The number of esters is 1. The minimum absolute atomic E-state index is 0.333. The second kappa shape index (κ2) is 4.49. The van der Waals surface area contributed by atoms with Gasteiger partial charge in [-0.25, -0.2) is 9.78 Å². The van der Waals surface area contributed by atoms with Crippen molar-refractivity contribution in [2.24, 2.45) is 0 Å². The number of nitrogens with one attached hydrogen (secondary N) is 1. The normalized spacial score (nSPS) is 10.4. The molecule has 16 heavy (non-hydrogen) atoms. The fourth-order valence-electron chi connectivity index (χ4n) is 1.36. The van der Waals surface area contributed by atoms with Crippen LogP contribution in [-0.4, -0.2) is 22.5 Å². The molecule has 0 aromatic carbocycles. The Morgan fingerprint density at radius 3 is 3.06 bits per heavy atom. The fraction of sp³-hybridized carbons (Fsp3) is 0.273. The molecule has 84 valence electrons. The van der Waals surface area contributed by atoms with Crippen molar-refractivity contribution in [1.29, 1.82) is 0 Å². The van der Waals surface area contributed by atoms with Crippen LogP contribution in [0.25, 0.3) is 11.3 Å². The van der Waals surface area contributed by atoms with Crippen LogP contribution in [0.1, 0.15) is 22.4 Å². The maximum atomic E-state index is 11.4. The molecule has 0 spiro atoms. The summed E-state index contributed by atoms with van der Waals surface area (Å²) in [5.74, 6) is -0.333. The maximum absolute atomic E-state index is 11.4. The van der Waals surface area contributed by atoms with E-state index in [0.717, 1.165) is 16.3 Å². The first-order chi connectivity index (χ1) is 7.70. The monoisotopic (exact) mass is 236 g/mol. The zero-order valence-electron chi connectivity index (χ0n) is 9.11. The molecule has 0 bridgehead atoms. The van der Waals surface area contributed by atoms with Gasteiger partial charge in [0.25, 0.3) is 0 Å². The number of ether oxygens (including phenoxy) is 1. The molecule has 0 aliphatic heterocycles. The zero-order valence-corrected chi connectivity index (χ0v) is 9.93. The van der Waals surface area contributed by atoms with Gasteiger partial charge in [0.1, 0.15) is 5.69 Å². The van der Waals surface area contributed by atoms with Crippen molar-refractivity contribution in [3.05, 3.63) is 28.3 Å². The van der Waals surface area contributed by atoms with Crippen molar-refractivity contribution in [3.63, 3.8) is 0 Å². The highest BCUT2D eigenvalue weighted by molar-refractivity contribution is 7.09. The molecule has 0 saturated heterocycles. The third kappa shape index (κ3) is 2.14. The van der Waals surface area contributed by atoms with E-state index >= 15 is 0 Å². The first-order valence-electron chi connectivity index (χ1n) is 4.98. The first-order valence-corrected chi connectivity index (χ1v) is 5.86. The summed E-state index contributed by atoms with van der Waals surface area (Å²) in [6.45, 7) is 4.11. The number of rotatable bonds is 3. The van der Waals surface area contributed by atoms with E-state index in [1.807, 2.05) is 12.3 Å². The maximum Gasteiger partial charge on any atom is 0.354 e. The summed E-state index contributed by atoms with van der Waals surface area (Å²) in [4.78, 5) is 18.7. The Morgan fingerprint density at radius 1 is 1.62 bits per heavy atom. The van der Waals surface area contributed by atoms with Gasteiger partial charge in [-0.05, 0) is 19.9 Å². The van der Waals surface area contributed by atoms with Crippen LogP contribution in [0, 0.1) is 6.92 Å². The SMILES string of the molecule is CCOC(=O)c1cc(-c2csc(C)n2)c[nH]1. The Kier molecular flexibility index (Phi) is 3.05. The molecule has 2 aromatic heterocycles. The van der Waals surface area contributed by atoms with E-state index in [1.54, 1.807) is 30.5 Å². The number of carbonyl (C=O) groups is 1. The smallest absolute Gasteiger partial charge is 0.354 e. The molecular weight excluding hydrogens is 224 g/mol. The van der Waals surface area contributed by atoms with Crippen LogP contribution < -0.4 is 0 Å². The van der Waals surface area contributed by atoms with E-state index < -0.39 is 0 Å². The van der Waals surface area contributed by atoms with Gasteiger partial charge in [0.2, 0.25) is 0 Å². The number of H-pyrrole nitrogens is 1. The third-order valence-corrected chi connectivity index (χ3v) is 2.87. The predicted molar refractivity (Wildman–Crippen MR) is 62.6 cm³/mol. The molecule has 2 heterocycles. The van der Waals surface area contributed by atoms with Gasteiger partial charge >= 0.3 is 5.97 Å². The fourth-order valence-corrected chi connectivity index (χ4v) is 1.99. The molecule has 2 aromatic rings. The molecule has 0 aliphatic carbocycles. The summed E-state index contributed by atoms with van der Waals surface area (Å²) < 4.78 is 4.89. The van der Waals surface area contributed by atoms with Crippen molar-refractivity contribution in [1.82, 2.24) is 9.97 Å². The molecule has 0 saturated carbocycles. The number of hydrogen-bond acceptors (Lipinski definition) is 4. The van der Waals surface area contributed by atoms with Crippen LogP contribution in [0.4, 0.5) is 0 Å². The minimum atomic E-state index is -0.333. The molecule has 0 atom stereocenters. The Bertz CT molecular complexity index is 502. The van der Waals surface area contributed by atoms with E-state index in [4.69, 9.17) is 4.74 Å². The van der Waals surface area contributed by atoms with E-state index in [-0.39, 0.29) is 5.97 Å². The van der Waals surface area contributed by atoms with Crippen molar-refractivity contribution in [2.75, 3.05) is 6.61 Å². The average Bonchev–Trinajstić information content (AvgIpc) is 2.85. The Morgan fingerprint density at radius 2 is 2.44 bits per heavy atom. The zero-order chi connectivity index (χ0) is 11.5. The lowest BCUT2D eigenvalue weighted by Crippen LogP contribution is -2.04. The largest absolute Gasteiger partial charge is 0.461 e. The highest BCUT2D eigenvalue weighted by atomic mass is 32.1. The molecule has 0 radical (unpaired) electrons. The molecule has 1 N–H and O–H groups in total. The van der Waals surface area contributed by atoms with Crippen LogP contribution in [-0.2, 0) is 4.74 Å². The van der Waals surface area contributed by atoms with Crippen LogP contribution in [0.2, 0.25) is 0 Å². The van der Waals surface area contributed by atoms with Gasteiger partial charge in [0, 0.05) is 17.1 Å². The van der Waals surface area contributed by atoms with Crippen molar-refractivity contribution < 1.29 is 9.53 Å². The summed E-state index contributed by atoms with van der Waals surface area (Å²) in [6.07, 6.45) is 1.76. The van der Waals surface area contributed by atoms with Gasteiger partial charge in [0.05, 0.1) is 17.3 Å². The molecule has 2 rings (SSSR count). The average molecular weight is 236 g/mol. The topological polar surface area (TPSA) is 55.0 Å². The minimum Gasteiger partial charge on any atom is -0.461 e. The van der Waals surface area contributed by atoms with Gasteiger partial charge in [-0.1, -0.05) is 0 Å². The second-order valence-electron chi connectivity index (χ2n) is 3.27. The van der Waals surface area contributed by atoms with Crippen LogP contribution >= 0.6 is 11.3 Å². The number of carbonyl (C=O) groups excluding carboxylic acids is 1. The Labute approximate surface area is 97.3 Å². The third-order valence-electron chi connectivity index (χ3n) is 2.09. The van der Waals surface area contributed by atoms with Gasteiger partial charge in [-0.2, -0.15) is 0 Å². The van der Waals surface area contributed by atoms with E-state index in [2.05, 4.69) is 9.97 Å². The van der Waals surface area contributed by atoms with Crippen LogP contribution in [0.5, 0.6) is 0 Å². The van der Waals surface area contributed by atoms with E-state index in [9.17, 15) is 4.79 Å². The Balaban J connectivity index is 2.22. The van der Waals surface area contributed by atoms with E-state index in [0.29, 0.717) is 12.3 Å². The molecule has 0 amide bonds. The van der Waals surface area contributed by atoms with Crippen LogP contribution in [0.3, 0.4) is 0 Å². The standard InChI is InChI=1S/C11H12N2O2S/c1-3-15-11(14)9-4-8(5-12-9)10-6-16-7(2)13-10/h4-6,12H,3H2,1-2H3.